The van der Waals surface area contributed by atoms with Crippen LogP contribution in [0.25, 0.3) is 33.4 Å². The summed E-state index contributed by atoms with van der Waals surface area (Å²) in [4.78, 5) is 17.7. The van der Waals surface area contributed by atoms with Crippen molar-refractivity contribution >= 4 is 16.6 Å². The van der Waals surface area contributed by atoms with Gasteiger partial charge in [0.05, 0.1) is 29.0 Å². The van der Waals surface area contributed by atoms with Crippen molar-refractivity contribution in [2.75, 3.05) is 6.54 Å². The Morgan fingerprint density at radius 2 is 2.00 bits per heavy atom. The molecule has 0 bridgehead atoms. The van der Waals surface area contributed by atoms with Gasteiger partial charge < -0.3 is 10.1 Å². The van der Waals surface area contributed by atoms with E-state index in [-0.39, 0.29) is 5.75 Å². The highest BCUT2D eigenvalue weighted by molar-refractivity contribution is 6.14. The van der Waals surface area contributed by atoms with Gasteiger partial charge in [-0.2, -0.15) is 5.10 Å². The van der Waals surface area contributed by atoms with Gasteiger partial charge in [0.1, 0.15) is 17.3 Å². The van der Waals surface area contributed by atoms with E-state index in [1.165, 1.54) is 12.1 Å². The molecule has 4 heterocycles. The molecule has 0 radical (unpaired) electrons. The van der Waals surface area contributed by atoms with Crippen LogP contribution in [0.5, 0.6) is 5.75 Å². The third-order valence-electron chi connectivity index (χ3n) is 5.57. The summed E-state index contributed by atoms with van der Waals surface area (Å²) in [5, 5.41) is 17.6. The molecular formula is C26H23FN6O. The Balaban J connectivity index is 1.67. The summed E-state index contributed by atoms with van der Waals surface area (Å²) in [6.07, 6.45) is 6.09. The number of pyridine rings is 2. The normalized spacial score (nSPS) is 11.9. The van der Waals surface area contributed by atoms with Crippen molar-refractivity contribution in [2.45, 2.75) is 20.3 Å². The molecule has 0 aliphatic carbocycles. The predicted octanol–water partition coefficient (Wildman–Crippen LogP) is 5.42. The van der Waals surface area contributed by atoms with Gasteiger partial charge in [-0.25, -0.2) is 9.37 Å². The summed E-state index contributed by atoms with van der Waals surface area (Å²) >= 11 is 0. The largest absolute Gasteiger partial charge is 0.508 e. The Morgan fingerprint density at radius 1 is 1.12 bits per heavy atom. The molecule has 34 heavy (non-hydrogen) atoms. The van der Waals surface area contributed by atoms with Crippen molar-refractivity contribution < 1.29 is 9.50 Å². The van der Waals surface area contributed by atoms with Crippen LogP contribution in [0.2, 0.25) is 0 Å². The number of phenolic OH excluding ortho intramolecular Hbond substituents is 1. The van der Waals surface area contributed by atoms with Gasteiger partial charge in [-0.05, 0) is 49.2 Å². The third kappa shape index (κ3) is 4.05. The molecule has 3 N–H and O–H groups in total. The molecule has 5 aromatic rings. The monoisotopic (exact) mass is 454 g/mol. The van der Waals surface area contributed by atoms with Gasteiger partial charge in [-0.15, -0.1) is 0 Å². The Kier molecular flexibility index (Phi) is 5.63. The van der Waals surface area contributed by atoms with Gasteiger partial charge in [0.15, 0.2) is 0 Å². The molecular weight excluding hydrogens is 431 g/mol. The van der Waals surface area contributed by atoms with Crippen LogP contribution in [0.1, 0.15) is 30.3 Å². The summed E-state index contributed by atoms with van der Waals surface area (Å²) in [6.45, 7) is 4.73. The molecule has 8 heteroatoms. The SMILES string of the molecule is CCCN=C(c1cc2c(-c3cc(O)cc(F)c3)nccc2[nH]1)c1nc(-c2cn[nH]c2)ccc1C. The van der Waals surface area contributed by atoms with E-state index < -0.39 is 5.82 Å². The van der Waals surface area contributed by atoms with Crippen LogP contribution < -0.4 is 0 Å². The van der Waals surface area contributed by atoms with E-state index in [2.05, 4.69) is 27.1 Å². The maximum atomic E-state index is 14.0. The fourth-order valence-electron chi connectivity index (χ4n) is 3.95. The first-order valence-electron chi connectivity index (χ1n) is 11.0. The molecule has 0 atom stereocenters. The number of hydrogen-bond acceptors (Lipinski definition) is 5. The Bertz CT molecular complexity index is 1480. The number of rotatable bonds is 6. The standard InChI is InChI=1S/C26H23FN6O/c1-3-7-28-26(24-15(2)4-5-21(33-24)17-13-30-31-14-17)23-12-20-22(32-23)6-8-29-25(20)16-9-18(27)11-19(34)10-16/h4-6,8-14,32,34H,3,7H2,1-2H3,(H,30,31). The summed E-state index contributed by atoms with van der Waals surface area (Å²) < 4.78 is 14.0. The van der Waals surface area contributed by atoms with Crippen molar-refractivity contribution in [1.82, 2.24) is 25.1 Å². The quantitative estimate of drug-likeness (QED) is 0.298. The van der Waals surface area contributed by atoms with Crippen LogP contribution in [0.4, 0.5) is 4.39 Å². The van der Waals surface area contributed by atoms with Crippen molar-refractivity contribution in [3.63, 3.8) is 0 Å². The van der Waals surface area contributed by atoms with Crippen molar-refractivity contribution in [3.8, 4) is 28.3 Å². The lowest BCUT2D eigenvalue weighted by atomic mass is 10.0. The van der Waals surface area contributed by atoms with Crippen LogP contribution in [-0.2, 0) is 0 Å². The van der Waals surface area contributed by atoms with Crippen LogP contribution in [-0.4, -0.2) is 42.5 Å². The van der Waals surface area contributed by atoms with E-state index in [1.54, 1.807) is 18.6 Å². The zero-order valence-corrected chi connectivity index (χ0v) is 18.8. The highest BCUT2D eigenvalue weighted by Crippen LogP contribution is 2.31. The number of aromatic amines is 2. The molecule has 170 valence electrons. The van der Waals surface area contributed by atoms with Crippen LogP contribution >= 0.6 is 0 Å². The number of aryl methyl sites for hydroxylation is 1. The first-order chi connectivity index (χ1) is 16.5. The number of halogens is 1. The number of phenols is 1. The van der Waals surface area contributed by atoms with Gasteiger partial charge in [-0.1, -0.05) is 13.0 Å². The first-order valence-corrected chi connectivity index (χ1v) is 11.0. The van der Waals surface area contributed by atoms with Gasteiger partial charge in [0.2, 0.25) is 0 Å². The van der Waals surface area contributed by atoms with Gasteiger partial charge >= 0.3 is 0 Å². The summed E-state index contributed by atoms with van der Waals surface area (Å²) in [5.74, 6) is -0.670. The highest BCUT2D eigenvalue weighted by Gasteiger charge is 2.18. The van der Waals surface area contributed by atoms with Crippen LogP contribution in [0.3, 0.4) is 0 Å². The Labute approximate surface area is 195 Å². The van der Waals surface area contributed by atoms with Gasteiger partial charge in [0, 0.05) is 47.0 Å². The number of aliphatic imine (C=N–C) groups is 1. The first kappa shape index (κ1) is 21.5. The van der Waals surface area contributed by atoms with Crippen LogP contribution in [0.15, 0.2) is 66.0 Å². The van der Waals surface area contributed by atoms with E-state index in [0.717, 1.165) is 57.3 Å². The van der Waals surface area contributed by atoms with Gasteiger partial charge in [0.25, 0.3) is 0 Å². The zero-order valence-electron chi connectivity index (χ0n) is 18.8. The second-order valence-electron chi connectivity index (χ2n) is 8.08. The number of hydrogen-bond donors (Lipinski definition) is 3. The molecule has 1 aromatic carbocycles. The Hall–Kier alpha value is -4.33. The second-order valence-corrected chi connectivity index (χ2v) is 8.08. The molecule has 0 aliphatic heterocycles. The number of fused-ring (bicyclic) bond motifs is 1. The average molecular weight is 455 g/mol. The lowest BCUT2D eigenvalue weighted by molar-refractivity contribution is 0.469. The van der Waals surface area contributed by atoms with E-state index in [4.69, 9.17) is 9.98 Å². The van der Waals surface area contributed by atoms with Crippen LogP contribution in [0, 0.1) is 12.7 Å². The molecule has 0 aliphatic rings. The van der Waals surface area contributed by atoms with E-state index >= 15 is 0 Å². The van der Waals surface area contributed by atoms with Crippen molar-refractivity contribution in [1.29, 1.82) is 0 Å². The maximum Gasteiger partial charge on any atom is 0.127 e. The maximum absolute atomic E-state index is 14.0. The topological polar surface area (TPSA) is 103 Å². The summed E-state index contributed by atoms with van der Waals surface area (Å²) in [7, 11) is 0. The third-order valence-corrected chi connectivity index (χ3v) is 5.57. The van der Waals surface area contributed by atoms with Crippen molar-refractivity contribution in [3.05, 3.63) is 83.8 Å². The number of benzene rings is 1. The molecule has 7 nitrogen and oxygen atoms in total. The minimum absolute atomic E-state index is 0.148. The molecule has 0 fully saturated rings. The number of nitrogens with zero attached hydrogens (tertiary/aromatic N) is 4. The Morgan fingerprint density at radius 3 is 2.76 bits per heavy atom. The fourth-order valence-corrected chi connectivity index (χ4v) is 3.95. The summed E-state index contributed by atoms with van der Waals surface area (Å²) in [5.41, 5.74) is 6.89. The highest BCUT2D eigenvalue weighted by atomic mass is 19.1. The lowest BCUT2D eigenvalue weighted by Crippen LogP contribution is -2.10. The molecule has 4 aromatic heterocycles. The fraction of sp³-hybridized carbons (Fsp3) is 0.154. The van der Waals surface area contributed by atoms with E-state index in [1.807, 2.05) is 31.2 Å². The van der Waals surface area contributed by atoms with Gasteiger partial charge in [-0.3, -0.25) is 15.1 Å². The van der Waals surface area contributed by atoms with Crippen molar-refractivity contribution in [2.24, 2.45) is 4.99 Å². The zero-order chi connectivity index (χ0) is 23.7. The average Bonchev–Trinajstić information content (AvgIpc) is 3.50. The lowest BCUT2D eigenvalue weighted by Gasteiger charge is -2.10. The molecule has 0 saturated heterocycles. The summed E-state index contributed by atoms with van der Waals surface area (Å²) in [6, 6.07) is 11.7. The smallest absolute Gasteiger partial charge is 0.127 e. The second kappa shape index (κ2) is 8.90. The molecule has 0 unspecified atom stereocenters. The molecule has 5 rings (SSSR count). The minimum Gasteiger partial charge on any atom is -0.508 e. The molecule has 0 saturated carbocycles. The predicted molar refractivity (Wildman–Crippen MR) is 131 cm³/mol. The number of aromatic hydroxyl groups is 1. The van der Waals surface area contributed by atoms with E-state index in [9.17, 15) is 9.50 Å². The minimum atomic E-state index is -0.523. The number of H-pyrrole nitrogens is 2. The number of nitrogens with one attached hydrogen (secondary N) is 2. The molecule has 0 spiro atoms. The van der Waals surface area contributed by atoms with E-state index in [0.29, 0.717) is 17.8 Å². The number of aromatic nitrogens is 5. The molecule has 0 amide bonds.